The van der Waals surface area contributed by atoms with Gasteiger partial charge in [0.2, 0.25) is 5.91 Å². The SMILES string of the molecule is Cl.O=C(CCc1ccc(F)cc1)N1CC2CNCC2(CCc2ccccc2)C1. The predicted molar refractivity (Wildman–Crippen MR) is 112 cm³/mol. The number of halogens is 2. The van der Waals surface area contributed by atoms with Crippen molar-refractivity contribution < 1.29 is 9.18 Å². The van der Waals surface area contributed by atoms with E-state index in [1.165, 1.54) is 17.7 Å². The molecule has 2 heterocycles. The van der Waals surface area contributed by atoms with E-state index < -0.39 is 0 Å². The molecule has 4 rings (SSSR count). The smallest absolute Gasteiger partial charge is 0.222 e. The van der Waals surface area contributed by atoms with Crippen LogP contribution >= 0.6 is 12.4 Å². The minimum Gasteiger partial charge on any atom is -0.342 e. The Kier molecular flexibility index (Phi) is 6.73. The molecule has 28 heavy (non-hydrogen) atoms. The summed E-state index contributed by atoms with van der Waals surface area (Å²) in [5.74, 6) is 0.550. The fourth-order valence-electron chi connectivity index (χ4n) is 4.67. The number of carbonyl (C=O) groups excluding carboxylic acids is 1. The summed E-state index contributed by atoms with van der Waals surface area (Å²) in [6.45, 7) is 3.74. The molecule has 0 bridgehead atoms. The van der Waals surface area contributed by atoms with Crippen molar-refractivity contribution in [2.75, 3.05) is 26.2 Å². The summed E-state index contributed by atoms with van der Waals surface area (Å²) in [5.41, 5.74) is 2.60. The highest BCUT2D eigenvalue weighted by molar-refractivity contribution is 5.85. The maximum atomic E-state index is 13.0. The average Bonchev–Trinajstić information content (AvgIpc) is 3.24. The van der Waals surface area contributed by atoms with E-state index in [1.54, 1.807) is 12.1 Å². The van der Waals surface area contributed by atoms with Gasteiger partial charge in [0.15, 0.2) is 0 Å². The summed E-state index contributed by atoms with van der Waals surface area (Å²) in [7, 11) is 0. The molecule has 2 atom stereocenters. The highest BCUT2D eigenvalue weighted by Crippen LogP contribution is 2.42. The highest BCUT2D eigenvalue weighted by atomic mass is 35.5. The van der Waals surface area contributed by atoms with Gasteiger partial charge >= 0.3 is 0 Å². The average molecular weight is 403 g/mol. The van der Waals surface area contributed by atoms with Gasteiger partial charge in [0.1, 0.15) is 5.82 Å². The molecule has 2 aromatic carbocycles. The van der Waals surface area contributed by atoms with Crippen LogP contribution in [0.1, 0.15) is 24.0 Å². The maximum absolute atomic E-state index is 13.0. The molecule has 2 saturated heterocycles. The first-order valence-corrected chi connectivity index (χ1v) is 9.91. The molecule has 150 valence electrons. The number of rotatable bonds is 6. The molecule has 0 aromatic heterocycles. The quantitative estimate of drug-likeness (QED) is 0.795. The van der Waals surface area contributed by atoms with Gasteiger partial charge in [-0.05, 0) is 48.4 Å². The standard InChI is InChI=1S/C23H27FN2O.ClH/c24-21-9-6-19(7-10-21)8-11-22(27)26-15-20-14-25-16-23(20,17-26)13-12-18-4-2-1-3-5-18;/h1-7,9-10,20,25H,8,11-17H2;1H. The van der Waals surface area contributed by atoms with E-state index in [0.717, 1.165) is 44.6 Å². The van der Waals surface area contributed by atoms with Crippen molar-refractivity contribution in [1.82, 2.24) is 10.2 Å². The van der Waals surface area contributed by atoms with Crippen LogP contribution in [0.4, 0.5) is 4.39 Å². The number of aryl methyl sites for hydroxylation is 2. The van der Waals surface area contributed by atoms with Crippen molar-refractivity contribution in [1.29, 1.82) is 0 Å². The summed E-state index contributed by atoms with van der Waals surface area (Å²) in [6, 6.07) is 17.1. The summed E-state index contributed by atoms with van der Waals surface area (Å²) in [6.07, 6.45) is 3.36. The van der Waals surface area contributed by atoms with Crippen LogP contribution < -0.4 is 5.32 Å². The van der Waals surface area contributed by atoms with E-state index in [1.807, 2.05) is 0 Å². The second-order valence-corrected chi connectivity index (χ2v) is 8.08. The van der Waals surface area contributed by atoms with E-state index in [-0.39, 0.29) is 29.5 Å². The van der Waals surface area contributed by atoms with Gasteiger partial charge in [0.25, 0.3) is 0 Å². The third-order valence-corrected chi connectivity index (χ3v) is 6.33. The molecule has 2 unspecified atom stereocenters. The van der Waals surface area contributed by atoms with Gasteiger partial charge in [0, 0.05) is 38.0 Å². The van der Waals surface area contributed by atoms with Crippen LogP contribution in [0, 0.1) is 17.2 Å². The lowest BCUT2D eigenvalue weighted by molar-refractivity contribution is -0.130. The van der Waals surface area contributed by atoms with Crippen LogP contribution in [-0.2, 0) is 17.6 Å². The minimum absolute atomic E-state index is 0. The van der Waals surface area contributed by atoms with Crippen molar-refractivity contribution in [3.8, 4) is 0 Å². The van der Waals surface area contributed by atoms with Crippen molar-refractivity contribution >= 4 is 18.3 Å². The zero-order chi connectivity index (χ0) is 18.7. The van der Waals surface area contributed by atoms with E-state index in [2.05, 4.69) is 40.5 Å². The Balaban J connectivity index is 0.00000225. The van der Waals surface area contributed by atoms with Gasteiger partial charge in [-0.1, -0.05) is 42.5 Å². The molecule has 1 N–H and O–H groups in total. The Morgan fingerprint density at radius 2 is 1.79 bits per heavy atom. The number of likely N-dealkylation sites (tertiary alicyclic amines) is 1. The van der Waals surface area contributed by atoms with Crippen molar-refractivity contribution in [3.05, 3.63) is 71.5 Å². The molecular formula is C23H28ClFN2O. The number of amides is 1. The van der Waals surface area contributed by atoms with E-state index >= 15 is 0 Å². The fraction of sp³-hybridized carbons (Fsp3) is 0.435. The van der Waals surface area contributed by atoms with Gasteiger partial charge in [-0.25, -0.2) is 4.39 Å². The molecule has 2 fully saturated rings. The first-order chi connectivity index (χ1) is 13.1. The maximum Gasteiger partial charge on any atom is 0.222 e. The van der Waals surface area contributed by atoms with Crippen molar-refractivity contribution in [2.45, 2.75) is 25.7 Å². The first kappa shape index (κ1) is 20.8. The van der Waals surface area contributed by atoms with E-state index in [9.17, 15) is 9.18 Å². The second kappa shape index (κ2) is 9.06. The molecular weight excluding hydrogens is 375 g/mol. The highest BCUT2D eigenvalue weighted by Gasteiger charge is 2.49. The third-order valence-electron chi connectivity index (χ3n) is 6.33. The predicted octanol–water partition coefficient (Wildman–Crippen LogP) is 3.86. The van der Waals surface area contributed by atoms with Gasteiger partial charge in [-0.2, -0.15) is 0 Å². The van der Waals surface area contributed by atoms with Crippen LogP contribution in [0.15, 0.2) is 54.6 Å². The molecule has 0 radical (unpaired) electrons. The number of carbonyl (C=O) groups is 1. The number of nitrogens with one attached hydrogen (secondary N) is 1. The van der Waals surface area contributed by atoms with Gasteiger partial charge in [-0.15, -0.1) is 12.4 Å². The lowest BCUT2D eigenvalue weighted by Gasteiger charge is -2.28. The number of fused-ring (bicyclic) bond motifs is 1. The number of benzene rings is 2. The molecule has 2 aliphatic heterocycles. The lowest BCUT2D eigenvalue weighted by Crippen LogP contribution is -2.36. The lowest BCUT2D eigenvalue weighted by atomic mass is 9.76. The Morgan fingerprint density at radius 1 is 1.07 bits per heavy atom. The molecule has 5 heteroatoms. The zero-order valence-corrected chi connectivity index (χ0v) is 16.9. The number of hydrogen-bond acceptors (Lipinski definition) is 2. The molecule has 0 aliphatic carbocycles. The molecule has 2 aromatic rings. The monoisotopic (exact) mass is 402 g/mol. The van der Waals surface area contributed by atoms with Crippen molar-refractivity contribution in [3.63, 3.8) is 0 Å². The van der Waals surface area contributed by atoms with Gasteiger partial charge in [0.05, 0.1) is 0 Å². The minimum atomic E-state index is -0.231. The summed E-state index contributed by atoms with van der Waals surface area (Å²) >= 11 is 0. The van der Waals surface area contributed by atoms with Crippen LogP contribution in [0.25, 0.3) is 0 Å². The Labute approximate surface area is 172 Å². The topological polar surface area (TPSA) is 32.3 Å². The second-order valence-electron chi connectivity index (χ2n) is 8.08. The Morgan fingerprint density at radius 3 is 2.54 bits per heavy atom. The molecule has 2 aliphatic rings. The fourth-order valence-corrected chi connectivity index (χ4v) is 4.67. The van der Waals surface area contributed by atoms with Gasteiger partial charge < -0.3 is 10.2 Å². The number of hydrogen-bond donors (Lipinski definition) is 1. The number of nitrogens with zero attached hydrogens (tertiary/aromatic N) is 1. The summed E-state index contributed by atoms with van der Waals surface area (Å²) in [5, 5.41) is 3.55. The molecule has 0 spiro atoms. The van der Waals surface area contributed by atoms with Crippen LogP contribution in [0.5, 0.6) is 0 Å². The van der Waals surface area contributed by atoms with Crippen molar-refractivity contribution in [2.24, 2.45) is 11.3 Å². The normalized spacial score (nSPS) is 23.3. The van der Waals surface area contributed by atoms with Gasteiger partial charge in [-0.3, -0.25) is 4.79 Å². The van der Waals surface area contributed by atoms with E-state index in [0.29, 0.717) is 18.8 Å². The van der Waals surface area contributed by atoms with Crippen LogP contribution in [0.3, 0.4) is 0 Å². The molecule has 0 saturated carbocycles. The third kappa shape index (κ3) is 4.56. The van der Waals surface area contributed by atoms with Crippen LogP contribution in [0.2, 0.25) is 0 Å². The van der Waals surface area contributed by atoms with E-state index in [4.69, 9.17) is 0 Å². The Hall–Kier alpha value is -1.91. The molecule has 3 nitrogen and oxygen atoms in total. The zero-order valence-electron chi connectivity index (χ0n) is 16.1. The Bertz CT molecular complexity index is 783. The molecule has 1 amide bonds. The van der Waals surface area contributed by atoms with Crippen LogP contribution in [-0.4, -0.2) is 37.0 Å². The summed E-state index contributed by atoms with van der Waals surface area (Å²) < 4.78 is 13.0. The summed E-state index contributed by atoms with van der Waals surface area (Å²) in [4.78, 5) is 14.8. The largest absolute Gasteiger partial charge is 0.342 e. The first-order valence-electron chi connectivity index (χ1n) is 9.91.